The number of imide groups is 2. The largest absolute Gasteiger partial charge is 0.507 e. The minimum Gasteiger partial charge on any atom is -0.507 e. The molecule has 11 heteroatoms. The van der Waals surface area contributed by atoms with Crippen LogP contribution in [0.25, 0.3) is 22.6 Å². The molecule has 3 heterocycles. The van der Waals surface area contributed by atoms with Gasteiger partial charge in [0, 0.05) is 24.1 Å². The lowest BCUT2D eigenvalue weighted by atomic mass is 9.56. The number of halogens is 2. The van der Waals surface area contributed by atoms with E-state index in [0.717, 1.165) is 10.4 Å². The van der Waals surface area contributed by atoms with Crippen LogP contribution < -0.4 is 4.90 Å². The Balaban J connectivity index is 1.19. The number of phenols is 1. The first-order chi connectivity index (χ1) is 22.0. The van der Waals surface area contributed by atoms with E-state index in [-0.39, 0.29) is 24.5 Å². The van der Waals surface area contributed by atoms with Gasteiger partial charge in [0.2, 0.25) is 17.7 Å². The molecule has 0 radical (unpaired) electrons. The molecule has 8 rings (SSSR count). The number of alkyl halides is 2. The van der Waals surface area contributed by atoms with Crippen LogP contribution in [0.2, 0.25) is 0 Å². The maximum atomic E-state index is 14.3. The van der Waals surface area contributed by atoms with Crippen LogP contribution in [0.1, 0.15) is 29.9 Å². The monoisotopic (exact) mass is 655 g/mol. The number of carbonyl (C=O) groups is 4. The molecule has 1 saturated carbocycles. The molecule has 1 N–H and O–H groups in total. The normalized spacial score (nSPS) is 30.5. The number of oxazole rings is 1. The minimum absolute atomic E-state index is 0.0699. The number of amides is 4. The number of aromatic hydroxyl groups is 1. The van der Waals surface area contributed by atoms with Gasteiger partial charge in [0.15, 0.2) is 15.3 Å². The average molecular weight is 657 g/mol. The van der Waals surface area contributed by atoms with Gasteiger partial charge in [-0.25, -0.2) is 4.98 Å². The van der Waals surface area contributed by atoms with Crippen LogP contribution in [0.3, 0.4) is 0 Å². The second-order valence-corrected chi connectivity index (χ2v) is 13.8. The number of hydrogen-bond donors (Lipinski definition) is 1. The van der Waals surface area contributed by atoms with Crippen molar-refractivity contribution in [2.24, 2.45) is 17.8 Å². The highest BCUT2D eigenvalue weighted by Gasteiger charge is 2.76. The average Bonchev–Trinajstić information content (AvgIpc) is 3.64. The summed E-state index contributed by atoms with van der Waals surface area (Å²) >= 11 is 14.4. The van der Waals surface area contributed by atoms with Crippen molar-refractivity contribution >= 4 is 63.6 Å². The summed E-state index contributed by atoms with van der Waals surface area (Å²) in [4.78, 5) is 58.4. The second kappa shape index (κ2) is 9.77. The maximum absolute atomic E-state index is 14.3. The molecule has 4 amide bonds. The van der Waals surface area contributed by atoms with E-state index in [2.05, 4.69) is 4.98 Å². The summed E-state index contributed by atoms with van der Waals surface area (Å²) in [6.07, 6.45) is 1.95. The molecule has 0 bridgehead atoms. The molecule has 46 heavy (non-hydrogen) atoms. The van der Waals surface area contributed by atoms with Crippen molar-refractivity contribution in [3.05, 3.63) is 89.5 Å². The molecule has 6 atom stereocenters. The van der Waals surface area contributed by atoms with Gasteiger partial charge in [0.25, 0.3) is 11.8 Å². The molecule has 0 spiro atoms. The number of anilines is 1. The molecular formula is C35H27Cl2N3O6. The molecule has 232 valence electrons. The Bertz CT molecular complexity index is 2020. The number of aryl methyl sites for hydroxylation is 1. The van der Waals surface area contributed by atoms with E-state index in [4.69, 9.17) is 27.6 Å². The van der Waals surface area contributed by atoms with Gasteiger partial charge in [-0.2, -0.15) is 0 Å². The summed E-state index contributed by atoms with van der Waals surface area (Å²) in [7, 11) is 1.34. The molecule has 2 aliphatic heterocycles. The fourth-order valence-corrected chi connectivity index (χ4v) is 9.02. The summed E-state index contributed by atoms with van der Waals surface area (Å²) in [5, 5.41) is 11.2. The van der Waals surface area contributed by atoms with Gasteiger partial charge in [-0.05, 0) is 67.6 Å². The third kappa shape index (κ3) is 3.61. The predicted octanol–water partition coefficient (Wildman–Crippen LogP) is 5.70. The number of allylic oxidation sites excluding steroid dienone is 2. The summed E-state index contributed by atoms with van der Waals surface area (Å²) < 4.78 is 5.87. The summed E-state index contributed by atoms with van der Waals surface area (Å²) in [5.41, 5.74) is 3.97. The third-order valence-electron chi connectivity index (χ3n) is 10.3. The fourth-order valence-electron chi connectivity index (χ4n) is 8.01. The van der Waals surface area contributed by atoms with Crippen LogP contribution in [0, 0.1) is 24.7 Å². The third-order valence-corrected chi connectivity index (χ3v) is 11.7. The number of carbonyl (C=O) groups excluding carboxylic acids is 4. The van der Waals surface area contributed by atoms with Crippen LogP contribution in [0.15, 0.2) is 82.8 Å². The summed E-state index contributed by atoms with van der Waals surface area (Å²) in [5.74, 6) is -5.00. The van der Waals surface area contributed by atoms with Crippen molar-refractivity contribution in [3.8, 4) is 17.2 Å². The molecule has 1 aromatic heterocycles. The van der Waals surface area contributed by atoms with Crippen molar-refractivity contribution in [2.45, 2.75) is 35.4 Å². The number of para-hydroxylation sites is 3. The number of nitrogens with zero attached hydrogens (tertiary/aromatic N) is 3. The van der Waals surface area contributed by atoms with Crippen molar-refractivity contribution in [1.82, 2.24) is 9.88 Å². The molecule has 0 unspecified atom stereocenters. The summed E-state index contributed by atoms with van der Waals surface area (Å²) in [6.45, 7) is 1.72. The van der Waals surface area contributed by atoms with Gasteiger partial charge in [-0.15, -0.1) is 23.2 Å². The molecule has 4 aliphatic rings. The zero-order valence-electron chi connectivity index (χ0n) is 24.7. The van der Waals surface area contributed by atoms with Crippen LogP contribution >= 0.6 is 23.2 Å². The number of aromatic nitrogens is 1. The minimum atomic E-state index is -1.95. The van der Waals surface area contributed by atoms with E-state index in [1.807, 2.05) is 30.3 Å². The topological polar surface area (TPSA) is 121 Å². The van der Waals surface area contributed by atoms with Gasteiger partial charge in [0.1, 0.15) is 11.3 Å². The quantitative estimate of drug-likeness (QED) is 0.171. The van der Waals surface area contributed by atoms with E-state index in [1.54, 1.807) is 49.4 Å². The van der Waals surface area contributed by atoms with Crippen molar-refractivity contribution < 1.29 is 28.7 Å². The molecular weight excluding hydrogens is 629 g/mol. The number of benzene rings is 3. The highest BCUT2D eigenvalue weighted by molar-refractivity contribution is 6.53. The SMILES string of the molecule is Cc1cccc([C@H]2C3=CC[C@@H]4C(=O)N(c5ccc(-c6nc7ccccc7o6)cc5)C(=O)[C@@H]4[C@@H]3C[C@@]3(Cl)C(=O)N(C)C(=O)[C@@]23Cl)c1O. The standard InChI is InChI=1S/C35H27Cl2N3O6/c1-17-6-5-7-22(28(17)41)27-20-14-15-21-26(23(20)16-34(36)32(44)39(2)33(45)35(27,34)37)31(43)40(30(21)42)19-12-10-18(11-13-19)29-38-24-8-3-4-9-25(24)46-29/h3-14,21,23,26-27,41H,15-16H2,1-2H3/t21-,23+,26-,27+,34+,35-/m0/s1. The zero-order valence-corrected chi connectivity index (χ0v) is 26.2. The fraction of sp³-hybridized carbons (Fsp3) is 0.286. The van der Waals surface area contributed by atoms with E-state index < -0.39 is 51.1 Å². The van der Waals surface area contributed by atoms with Crippen LogP contribution in [-0.4, -0.2) is 55.4 Å². The first kappa shape index (κ1) is 29.0. The summed E-state index contributed by atoms with van der Waals surface area (Å²) in [6, 6.07) is 19.4. The predicted molar refractivity (Wildman–Crippen MR) is 170 cm³/mol. The van der Waals surface area contributed by atoms with Gasteiger partial charge in [0.05, 0.1) is 17.5 Å². The van der Waals surface area contributed by atoms with E-state index >= 15 is 0 Å². The van der Waals surface area contributed by atoms with Crippen molar-refractivity contribution in [1.29, 1.82) is 0 Å². The van der Waals surface area contributed by atoms with Gasteiger partial charge in [-0.3, -0.25) is 29.0 Å². The first-order valence-corrected chi connectivity index (χ1v) is 15.8. The Labute approximate surface area is 273 Å². The highest BCUT2D eigenvalue weighted by Crippen LogP contribution is 2.66. The number of hydrogen-bond acceptors (Lipinski definition) is 7. The number of phenolic OH excluding ortho intramolecular Hbond substituents is 1. The van der Waals surface area contributed by atoms with Crippen molar-refractivity contribution in [2.75, 3.05) is 11.9 Å². The Kier molecular flexibility index (Phi) is 6.15. The molecule has 9 nitrogen and oxygen atoms in total. The van der Waals surface area contributed by atoms with E-state index in [9.17, 15) is 24.3 Å². The zero-order chi connectivity index (χ0) is 32.3. The molecule has 2 saturated heterocycles. The Morgan fingerprint density at radius 2 is 1.65 bits per heavy atom. The number of likely N-dealkylation sites (tertiary alicyclic amines) is 1. The second-order valence-electron chi connectivity index (χ2n) is 12.6. The lowest BCUT2D eigenvalue weighted by Crippen LogP contribution is -2.60. The Morgan fingerprint density at radius 1 is 0.913 bits per heavy atom. The molecule has 3 aromatic carbocycles. The molecule has 3 fully saturated rings. The highest BCUT2D eigenvalue weighted by atomic mass is 35.5. The van der Waals surface area contributed by atoms with Gasteiger partial charge < -0.3 is 9.52 Å². The number of rotatable bonds is 3. The van der Waals surface area contributed by atoms with Crippen LogP contribution in [0.5, 0.6) is 5.75 Å². The smallest absolute Gasteiger partial charge is 0.253 e. The van der Waals surface area contributed by atoms with Gasteiger partial charge >= 0.3 is 0 Å². The first-order valence-electron chi connectivity index (χ1n) is 15.0. The maximum Gasteiger partial charge on any atom is 0.253 e. The molecule has 4 aromatic rings. The van der Waals surface area contributed by atoms with Crippen molar-refractivity contribution in [3.63, 3.8) is 0 Å². The van der Waals surface area contributed by atoms with Crippen LogP contribution in [-0.2, 0) is 19.2 Å². The van der Waals surface area contributed by atoms with E-state index in [0.29, 0.717) is 39.4 Å². The lowest BCUT2D eigenvalue weighted by Gasteiger charge is -2.50. The number of fused-ring (bicyclic) bond motifs is 5. The Hall–Kier alpha value is -4.47. The lowest BCUT2D eigenvalue weighted by molar-refractivity contribution is -0.138. The molecule has 2 aliphatic carbocycles. The van der Waals surface area contributed by atoms with Gasteiger partial charge in [-0.1, -0.05) is 42.0 Å². The Morgan fingerprint density at radius 3 is 2.39 bits per heavy atom. The van der Waals surface area contributed by atoms with E-state index in [1.165, 1.54) is 11.9 Å². The van der Waals surface area contributed by atoms with Crippen LogP contribution in [0.4, 0.5) is 5.69 Å².